The molecule has 1 unspecified atom stereocenters. The number of nitrogens with two attached hydrogens (primary N) is 1. The normalized spacial score (nSPS) is 13.9. The van der Waals surface area contributed by atoms with Crippen molar-refractivity contribution in [2.24, 2.45) is 5.73 Å². The second-order valence-corrected chi connectivity index (χ2v) is 4.42. The van der Waals surface area contributed by atoms with Gasteiger partial charge in [-0.2, -0.15) is 11.8 Å². The topological polar surface area (TPSA) is 104 Å². The summed E-state index contributed by atoms with van der Waals surface area (Å²) < 4.78 is 0. The predicted octanol–water partition coefficient (Wildman–Crippen LogP) is -0.727. The molecule has 0 aliphatic carbocycles. The number of urea groups is 1. The van der Waals surface area contributed by atoms with Gasteiger partial charge in [0.15, 0.2) is 0 Å². The quantitative estimate of drug-likeness (QED) is 0.477. The summed E-state index contributed by atoms with van der Waals surface area (Å²) in [6.45, 7) is 1.53. The fourth-order valence-corrected chi connectivity index (χ4v) is 1.54. The Morgan fingerprint density at radius 3 is 2.50 bits per heavy atom. The van der Waals surface area contributed by atoms with Gasteiger partial charge in [-0.1, -0.05) is 0 Å². The fraction of sp³-hybridized carbons (Fsp3) is 0.778. The van der Waals surface area contributed by atoms with Crippen molar-refractivity contribution in [1.29, 1.82) is 0 Å². The van der Waals surface area contributed by atoms with Crippen molar-refractivity contribution in [2.45, 2.75) is 25.4 Å². The minimum Gasteiger partial charge on any atom is -0.394 e. The lowest BCUT2D eigenvalue weighted by Crippen LogP contribution is -2.51. The second-order valence-electron chi connectivity index (χ2n) is 3.43. The van der Waals surface area contributed by atoms with Crippen LogP contribution in [0.3, 0.4) is 0 Å². The lowest BCUT2D eigenvalue weighted by atomic mass is 10.2. The van der Waals surface area contributed by atoms with E-state index in [-0.39, 0.29) is 18.6 Å². The third-order valence-corrected chi connectivity index (χ3v) is 2.55. The number of nitrogens with one attached hydrogen (secondary N) is 2. The largest absolute Gasteiger partial charge is 0.394 e. The van der Waals surface area contributed by atoms with Crippen molar-refractivity contribution >= 4 is 23.7 Å². The molecule has 6 nitrogen and oxygen atoms in total. The Morgan fingerprint density at radius 1 is 1.44 bits per heavy atom. The summed E-state index contributed by atoms with van der Waals surface area (Å²) >= 11 is 1.58. The number of primary amides is 1. The number of rotatable bonds is 7. The molecule has 0 radical (unpaired) electrons. The number of thioether (sulfide) groups is 1. The van der Waals surface area contributed by atoms with E-state index in [4.69, 9.17) is 10.8 Å². The maximum absolute atomic E-state index is 11.7. The lowest BCUT2D eigenvalue weighted by molar-refractivity contribution is -0.123. The minimum absolute atomic E-state index is 0.141. The average molecular weight is 249 g/mol. The molecule has 0 aliphatic heterocycles. The molecule has 5 N–H and O–H groups in total. The van der Waals surface area contributed by atoms with Gasteiger partial charge in [-0.3, -0.25) is 4.79 Å². The van der Waals surface area contributed by atoms with E-state index < -0.39 is 12.1 Å². The molecule has 94 valence electrons. The van der Waals surface area contributed by atoms with Crippen LogP contribution in [0.15, 0.2) is 0 Å². The molecule has 0 saturated heterocycles. The van der Waals surface area contributed by atoms with Crippen molar-refractivity contribution < 1.29 is 14.7 Å². The minimum atomic E-state index is -0.724. The second kappa shape index (κ2) is 8.23. The molecular formula is C9H19N3O3S. The maximum atomic E-state index is 11.7. The first-order valence-corrected chi connectivity index (χ1v) is 6.36. The molecule has 0 rings (SSSR count). The third kappa shape index (κ3) is 6.52. The standard InChI is InChI=1S/C9H19N3O3S/c1-6(5-13)11-8(14)7(3-4-16-2)12-9(10)15/h6-7,13H,3-5H2,1-2H3,(H,11,14)(H3,10,12,15)/t6-,7?/m0/s1. The van der Waals surface area contributed by atoms with E-state index in [0.717, 1.165) is 5.75 Å². The molecule has 7 heteroatoms. The van der Waals surface area contributed by atoms with Crippen molar-refractivity contribution in [2.75, 3.05) is 18.6 Å². The molecular weight excluding hydrogens is 230 g/mol. The van der Waals surface area contributed by atoms with Gasteiger partial charge in [0.1, 0.15) is 6.04 Å². The van der Waals surface area contributed by atoms with Gasteiger partial charge in [0, 0.05) is 6.04 Å². The first-order chi connectivity index (χ1) is 7.51. The fourth-order valence-electron chi connectivity index (χ4n) is 1.07. The van der Waals surface area contributed by atoms with Crippen molar-refractivity contribution in [3.05, 3.63) is 0 Å². The summed E-state index contributed by atoms with van der Waals surface area (Å²) in [6, 6.07) is -1.70. The molecule has 0 fully saturated rings. The number of aliphatic hydroxyl groups is 1. The van der Waals surface area contributed by atoms with Gasteiger partial charge in [-0.15, -0.1) is 0 Å². The van der Waals surface area contributed by atoms with Crippen LogP contribution in [0.1, 0.15) is 13.3 Å². The summed E-state index contributed by atoms with van der Waals surface area (Å²) in [4.78, 5) is 22.4. The highest BCUT2D eigenvalue weighted by Gasteiger charge is 2.20. The Bertz CT molecular complexity index is 238. The molecule has 16 heavy (non-hydrogen) atoms. The van der Waals surface area contributed by atoms with Crippen LogP contribution in [-0.4, -0.2) is 47.7 Å². The van der Waals surface area contributed by atoms with Crippen LogP contribution >= 0.6 is 11.8 Å². The molecule has 0 saturated carbocycles. The van der Waals surface area contributed by atoms with Gasteiger partial charge in [-0.25, -0.2) is 4.79 Å². The summed E-state index contributed by atoms with van der Waals surface area (Å²) in [5.41, 5.74) is 4.98. The third-order valence-electron chi connectivity index (χ3n) is 1.91. The van der Waals surface area contributed by atoms with Crippen LogP contribution in [0, 0.1) is 0 Å². The highest BCUT2D eigenvalue weighted by molar-refractivity contribution is 7.98. The van der Waals surface area contributed by atoms with Gasteiger partial charge in [0.25, 0.3) is 0 Å². The van der Waals surface area contributed by atoms with Crippen LogP contribution in [0.25, 0.3) is 0 Å². The summed E-state index contributed by atoms with van der Waals surface area (Å²) in [7, 11) is 0. The van der Waals surface area contributed by atoms with Gasteiger partial charge >= 0.3 is 6.03 Å². The molecule has 0 aromatic rings. The first-order valence-electron chi connectivity index (χ1n) is 4.97. The van der Waals surface area contributed by atoms with Crippen molar-refractivity contribution in [1.82, 2.24) is 10.6 Å². The Hall–Kier alpha value is -0.950. The van der Waals surface area contributed by atoms with E-state index in [0.29, 0.717) is 6.42 Å². The predicted molar refractivity (Wildman–Crippen MR) is 64.2 cm³/mol. The first kappa shape index (κ1) is 15.0. The van der Waals surface area contributed by atoms with E-state index in [1.54, 1.807) is 18.7 Å². The zero-order valence-corrected chi connectivity index (χ0v) is 10.3. The van der Waals surface area contributed by atoms with Crippen LogP contribution < -0.4 is 16.4 Å². The van der Waals surface area contributed by atoms with Crippen molar-refractivity contribution in [3.63, 3.8) is 0 Å². The van der Waals surface area contributed by atoms with E-state index >= 15 is 0 Å². The monoisotopic (exact) mass is 249 g/mol. The van der Waals surface area contributed by atoms with Crippen molar-refractivity contribution in [3.8, 4) is 0 Å². The highest BCUT2D eigenvalue weighted by Crippen LogP contribution is 2.01. The SMILES string of the molecule is CSCCC(NC(N)=O)C(=O)N[C@@H](C)CO. The Kier molecular flexibility index (Phi) is 7.74. The smallest absolute Gasteiger partial charge is 0.312 e. The molecule has 0 heterocycles. The zero-order valence-electron chi connectivity index (χ0n) is 9.53. The number of carbonyl (C=O) groups excluding carboxylic acids is 2. The van der Waals surface area contributed by atoms with Crippen LogP contribution in [0.2, 0.25) is 0 Å². The molecule has 0 spiro atoms. The molecule has 0 aliphatic rings. The number of hydrogen-bond donors (Lipinski definition) is 4. The van der Waals surface area contributed by atoms with Gasteiger partial charge in [0.05, 0.1) is 6.61 Å². The maximum Gasteiger partial charge on any atom is 0.312 e. The number of carbonyl (C=O) groups is 2. The Labute approximate surface area is 99.3 Å². The Balaban J connectivity index is 4.25. The summed E-state index contributed by atoms with van der Waals surface area (Å²) in [6.07, 6.45) is 2.42. The average Bonchev–Trinajstić information content (AvgIpc) is 2.23. The highest BCUT2D eigenvalue weighted by atomic mass is 32.2. The molecule has 3 amide bonds. The molecule has 0 aromatic carbocycles. The number of amides is 3. The van der Waals surface area contributed by atoms with Gasteiger partial charge in [0.2, 0.25) is 5.91 Å². The number of aliphatic hydroxyl groups excluding tert-OH is 1. The summed E-state index contributed by atoms with van der Waals surface area (Å²) in [5.74, 6) is 0.417. The van der Waals surface area contributed by atoms with E-state index in [1.165, 1.54) is 0 Å². The van der Waals surface area contributed by atoms with Crippen LogP contribution in [0.4, 0.5) is 4.79 Å². The molecule has 0 bridgehead atoms. The summed E-state index contributed by atoms with van der Waals surface area (Å²) in [5, 5.41) is 13.7. The molecule has 2 atom stereocenters. The van der Waals surface area contributed by atoms with Gasteiger partial charge < -0.3 is 21.5 Å². The molecule has 0 aromatic heterocycles. The van der Waals surface area contributed by atoms with Crippen LogP contribution in [-0.2, 0) is 4.79 Å². The Morgan fingerprint density at radius 2 is 2.06 bits per heavy atom. The van der Waals surface area contributed by atoms with Crippen LogP contribution in [0.5, 0.6) is 0 Å². The van der Waals surface area contributed by atoms with Gasteiger partial charge in [-0.05, 0) is 25.4 Å². The zero-order chi connectivity index (χ0) is 12.6. The lowest BCUT2D eigenvalue weighted by Gasteiger charge is -2.19. The van der Waals surface area contributed by atoms with E-state index in [2.05, 4.69) is 10.6 Å². The van der Waals surface area contributed by atoms with E-state index in [1.807, 2.05) is 6.26 Å². The number of hydrogen-bond acceptors (Lipinski definition) is 4. The van der Waals surface area contributed by atoms with E-state index in [9.17, 15) is 9.59 Å².